The average molecular weight is 396 g/mol. The van der Waals surface area contributed by atoms with Crippen molar-refractivity contribution < 1.29 is 31.1 Å². The van der Waals surface area contributed by atoms with E-state index in [1.807, 2.05) is 0 Å². The number of alkyl halides is 6. The van der Waals surface area contributed by atoms with Crippen molar-refractivity contribution in [2.45, 2.75) is 25.3 Å². The molecule has 0 radical (unpaired) electrons. The number of rotatable bonds is 4. The highest BCUT2D eigenvalue weighted by atomic mass is 19.4. The number of amides is 1. The molecule has 13 heteroatoms. The zero-order valence-corrected chi connectivity index (χ0v) is 14.2. The first-order chi connectivity index (χ1) is 12.3. The molecule has 1 N–H and O–H groups in total. The maximum absolute atomic E-state index is 13.1. The van der Waals surface area contributed by atoms with Gasteiger partial charge in [-0.2, -0.15) is 26.3 Å². The molecule has 148 valence electrons. The Hall–Kier alpha value is -2.86. The van der Waals surface area contributed by atoms with E-state index in [0.717, 1.165) is 0 Å². The molecular weight excluding hydrogens is 382 g/mol. The van der Waals surface area contributed by atoms with E-state index in [1.54, 1.807) is 14.1 Å². The monoisotopic (exact) mass is 396 g/mol. The molecule has 1 unspecified atom stereocenters. The summed E-state index contributed by atoms with van der Waals surface area (Å²) in [6.07, 6.45) is -8.48. The highest BCUT2D eigenvalue weighted by Crippen LogP contribution is 2.37. The summed E-state index contributed by atoms with van der Waals surface area (Å²) in [6, 6.07) is -1.11. The summed E-state index contributed by atoms with van der Waals surface area (Å²) in [7, 11) is 3.22. The summed E-state index contributed by atoms with van der Waals surface area (Å²) in [5.74, 6) is -1.16. The third-order valence-corrected chi connectivity index (χ3v) is 3.27. The smallest absolute Gasteiger partial charge is 0.369 e. The maximum Gasteiger partial charge on any atom is 0.420 e. The molecule has 0 aliphatic heterocycles. The van der Waals surface area contributed by atoms with Gasteiger partial charge in [-0.3, -0.25) is 9.20 Å². The van der Waals surface area contributed by atoms with Gasteiger partial charge in [-0.1, -0.05) is 0 Å². The molecule has 1 amide bonds. The van der Waals surface area contributed by atoms with Crippen molar-refractivity contribution in [1.29, 1.82) is 0 Å². The van der Waals surface area contributed by atoms with Crippen molar-refractivity contribution in [2.75, 3.05) is 19.4 Å². The van der Waals surface area contributed by atoms with Crippen LogP contribution in [0, 0.1) is 0 Å². The normalized spacial score (nSPS) is 14.0. The van der Waals surface area contributed by atoms with E-state index in [1.165, 1.54) is 18.2 Å². The first-order valence-electron chi connectivity index (χ1n) is 7.35. The first-order valence-corrected chi connectivity index (χ1v) is 7.35. The SMILES string of the molecule is CC(Nc1nnc2c(C(F)(F)F)cc(C(F)(F)F)cn12)C(=O)N=CN(C)C. The molecule has 2 aromatic rings. The molecule has 0 saturated carbocycles. The van der Waals surface area contributed by atoms with Gasteiger partial charge in [0.1, 0.15) is 11.6 Å². The Balaban J connectivity index is 2.49. The zero-order chi connectivity index (χ0) is 20.6. The van der Waals surface area contributed by atoms with E-state index in [4.69, 9.17) is 0 Å². The number of hydrogen-bond donors (Lipinski definition) is 1. The molecule has 0 bridgehead atoms. The number of pyridine rings is 1. The largest absolute Gasteiger partial charge is 0.420 e. The Morgan fingerprint density at radius 3 is 2.37 bits per heavy atom. The summed E-state index contributed by atoms with van der Waals surface area (Å²) in [6.45, 7) is 1.33. The number of aromatic nitrogens is 3. The van der Waals surface area contributed by atoms with Crippen molar-refractivity contribution in [2.24, 2.45) is 4.99 Å². The zero-order valence-electron chi connectivity index (χ0n) is 14.2. The molecule has 1 atom stereocenters. The van der Waals surface area contributed by atoms with Gasteiger partial charge >= 0.3 is 12.4 Å². The topological polar surface area (TPSA) is 74.9 Å². The summed E-state index contributed by atoms with van der Waals surface area (Å²) in [5.41, 5.74) is -3.95. The van der Waals surface area contributed by atoms with E-state index < -0.39 is 47.0 Å². The summed E-state index contributed by atoms with van der Waals surface area (Å²) in [4.78, 5) is 16.9. The fourth-order valence-corrected chi connectivity index (χ4v) is 2.00. The molecule has 2 heterocycles. The summed E-state index contributed by atoms with van der Waals surface area (Å²) < 4.78 is 78.8. The number of nitrogens with zero attached hydrogens (tertiary/aromatic N) is 5. The average Bonchev–Trinajstić information content (AvgIpc) is 2.92. The number of carbonyl (C=O) groups excluding carboxylic acids is 1. The van der Waals surface area contributed by atoms with Crippen molar-refractivity contribution in [3.8, 4) is 0 Å². The van der Waals surface area contributed by atoms with Crippen LogP contribution in [0.2, 0.25) is 0 Å². The Morgan fingerprint density at radius 1 is 1.22 bits per heavy atom. The summed E-state index contributed by atoms with van der Waals surface area (Å²) in [5, 5.41) is 9.15. The molecule has 7 nitrogen and oxygen atoms in total. The number of halogens is 6. The predicted octanol–water partition coefficient (Wildman–Crippen LogP) is 2.68. The van der Waals surface area contributed by atoms with Gasteiger partial charge in [0.2, 0.25) is 5.95 Å². The van der Waals surface area contributed by atoms with Crippen LogP contribution >= 0.6 is 0 Å². The fraction of sp³-hybridized carbons (Fsp3) is 0.429. The maximum atomic E-state index is 13.1. The van der Waals surface area contributed by atoms with E-state index in [2.05, 4.69) is 20.5 Å². The number of hydrogen-bond acceptors (Lipinski definition) is 4. The lowest BCUT2D eigenvalue weighted by molar-refractivity contribution is -0.142. The van der Waals surface area contributed by atoms with Crippen molar-refractivity contribution >= 4 is 23.8 Å². The standard InChI is InChI=1S/C14H14F6N6O/c1-7(11(27)21-6-25(2)3)22-12-24-23-10-9(14(18,19)20)4-8(5-26(10)12)13(15,16)17/h4-7H,1-3H3,(H,22,24). The molecule has 0 aliphatic rings. The Kier molecular flexibility index (Phi) is 5.33. The number of fused-ring (bicyclic) bond motifs is 1. The lowest BCUT2D eigenvalue weighted by atomic mass is 10.2. The van der Waals surface area contributed by atoms with Gasteiger partial charge in [0.25, 0.3) is 5.91 Å². The van der Waals surface area contributed by atoms with Crippen LogP contribution in [0.15, 0.2) is 17.3 Å². The second-order valence-electron chi connectivity index (χ2n) is 5.77. The molecule has 0 aromatic carbocycles. The van der Waals surface area contributed by atoms with E-state index >= 15 is 0 Å². The van der Waals surface area contributed by atoms with Gasteiger partial charge in [-0.05, 0) is 13.0 Å². The molecule has 0 aliphatic carbocycles. The Labute approximate surface area is 148 Å². The van der Waals surface area contributed by atoms with Gasteiger partial charge in [0, 0.05) is 20.3 Å². The number of nitrogens with one attached hydrogen (secondary N) is 1. The predicted molar refractivity (Wildman–Crippen MR) is 83.3 cm³/mol. The van der Waals surface area contributed by atoms with Crippen molar-refractivity contribution in [1.82, 2.24) is 19.5 Å². The van der Waals surface area contributed by atoms with E-state index in [-0.39, 0.29) is 6.07 Å². The van der Waals surface area contributed by atoms with Gasteiger partial charge in [0.05, 0.1) is 11.9 Å². The molecule has 2 aromatic heterocycles. The van der Waals surface area contributed by atoms with Crippen molar-refractivity contribution in [3.63, 3.8) is 0 Å². The third-order valence-electron chi connectivity index (χ3n) is 3.27. The first kappa shape index (κ1) is 20.5. The fourth-order valence-electron chi connectivity index (χ4n) is 2.00. The van der Waals surface area contributed by atoms with Crippen LogP contribution in [-0.2, 0) is 17.1 Å². The summed E-state index contributed by atoms with van der Waals surface area (Å²) >= 11 is 0. The molecule has 0 saturated heterocycles. The van der Waals surface area contributed by atoms with Crippen LogP contribution in [0.4, 0.5) is 32.3 Å². The number of anilines is 1. The highest BCUT2D eigenvalue weighted by molar-refractivity contribution is 5.89. The van der Waals surface area contributed by atoms with E-state index in [0.29, 0.717) is 10.6 Å². The second kappa shape index (κ2) is 7.04. The Morgan fingerprint density at radius 2 is 1.85 bits per heavy atom. The van der Waals surface area contributed by atoms with Crippen LogP contribution in [0.5, 0.6) is 0 Å². The molecule has 2 rings (SSSR count). The molecule has 27 heavy (non-hydrogen) atoms. The van der Waals surface area contributed by atoms with Crippen LogP contribution in [-0.4, -0.2) is 51.9 Å². The molecular formula is C14H14F6N6O. The number of carbonyl (C=O) groups is 1. The van der Waals surface area contributed by atoms with Gasteiger partial charge in [-0.15, -0.1) is 10.2 Å². The van der Waals surface area contributed by atoms with Crippen LogP contribution < -0.4 is 5.32 Å². The lowest BCUT2D eigenvalue weighted by Crippen LogP contribution is -2.27. The minimum Gasteiger partial charge on any atom is -0.369 e. The van der Waals surface area contributed by atoms with Gasteiger partial charge in [0.15, 0.2) is 5.65 Å². The molecule has 0 spiro atoms. The Bertz CT molecular complexity index is 869. The number of aliphatic imine (C=N–C) groups is 1. The quantitative estimate of drug-likeness (QED) is 0.489. The van der Waals surface area contributed by atoms with Crippen LogP contribution in [0.1, 0.15) is 18.1 Å². The van der Waals surface area contributed by atoms with Gasteiger partial charge < -0.3 is 10.2 Å². The van der Waals surface area contributed by atoms with Gasteiger partial charge in [-0.25, -0.2) is 4.99 Å². The third kappa shape index (κ3) is 4.65. The second-order valence-corrected chi connectivity index (χ2v) is 5.77. The highest BCUT2D eigenvalue weighted by Gasteiger charge is 2.39. The minimum atomic E-state index is -5.08. The lowest BCUT2D eigenvalue weighted by Gasteiger charge is -2.14. The van der Waals surface area contributed by atoms with E-state index in [9.17, 15) is 31.1 Å². The minimum absolute atomic E-state index is 0.0379. The van der Waals surface area contributed by atoms with Crippen molar-refractivity contribution in [3.05, 3.63) is 23.4 Å². The molecule has 0 fully saturated rings. The van der Waals surface area contributed by atoms with Crippen LogP contribution in [0.3, 0.4) is 0 Å². The van der Waals surface area contributed by atoms with Crippen LogP contribution in [0.25, 0.3) is 5.65 Å².